The van der Waals surface area contributed by atoms with E-state index >= 15 is 0 Å². The molecule has 19 N–H and O–H groups in total. The van der Waals surface area contributed by atoms with Crippen LogP contribution in [-0.2, 0) is 94.9 Å². The third-order valence-corrected chi connectivity index (χ3v) is 22.2. The highest BCUT2D eigenvalue weighted by molar-refractivity contribution is 7.87. The molecule has 0 unspecified atom stereocenters. The maximum absolute atomic E-state index is 14.6. The van der Waals surface area contributed by atoms with Gasteiger partial charge in [-0.3, -0.25) is 8.37 Å². The predicted molar refractivity (Wildman–Crippen MR) is 322 cm³/mol. The number of benzene rings is 2. The third-order valence-electron chi connectivity index (χ3n) is 18.9. The smallest absolute Gasteiger partial charge is 0.298 e. The van der Waals surface area contributed by atoms with Gasteiger partial charge in [0.2, 0.25) is 0 Å². The number of hydrogen-bond acceptors (Lipinski definition) is 39. The molecule has 39 nitrogen and oxygen atoms in total. The van der Waals surface area contributed by atoms with Crippen LogP contribution in [0, 0.1) is 41.5 Å². The van der Waals surface area contributed by atoms with Gasteiger partial charge in [0.05, 0.1) is 56.0 Å². The first kappa shape index (κ1) is 80.5. The van der Waals surface area contributed by atoms with Gasteiger partial charge >= 0.3 is 0 Å². The molecule has 0 saturated carbocycles. The number of rotatable bonds is 13. The molecule has 2 aromatic carbocycles. The summed E-state index contributed by atoms with van der Waals surface area (Å²) in [6, 6.07) is 5.92. The van der Waals surface area contributed by atoms with Crippen LogP contribution in [0.5, 0.6) is 0 Å². The Morgan fingerprint density at radius 3 is 0.624 bits per heavy atom. The van der Waals surface area contributed by atoms with Gasteiger partial charge in [-0.2, -0.15) is 16.8 Å². The first-order valence-electron chi connectivity index (χ1n) is 32.3. The summed E-state index contributed by atoms with van der Waals surface area (Å²) < 4.78 is 152. The van der Waals surface area contributed by atoms with Gasteiger partial charge in [0.15, 0.2) is 56.2 Å². The molecule has 2 aromatic rings. The summed E-state index contributed by atoms with van der Waals surface area (Å²) in [6.07, 6.45) is -76.7. The lowest BCUT2D eigenvalue weighted by Gasteiger charge is -2.50. The van der Waals surface area contributed by atoms with Crippen LogP contribution in [0.3, 0.4) is 0 Å². The van der Waals surface area contributed by atoms with E-state index in [1.165, 1.54) is 52.0 Å². The van der Waals surface area contributed by atoms with E-state index in [2.05, 4.69) is 0 Å². The average molecular weight is 1500 g/mol. The van der Waals surface area contributed by atoms with Crippen molar-refractivity contribution >= 4 is 20.2 Å². The van der Waals surface area contributed by atoms with Crippen molar-refractivity contribution in [3.8, 4) is 0 Å². The monoisotopic (exact) mass is 1500 g/mol. The van der Waals surface area contributed by atoms with Crippen LogP contribution in [-0.4, -0.2) is 375 Å². The quantitative estimate of drug-likeness (QED) is 0.0828. The minimum absolute atomic E-state index is 0.125. The number of ether oxygens (including phenoxy) is 14. The van der Waals surface area contributed by atoms with Crippen molar-refractivity contribution < 1.29 is 189 Å². The number of aliphatic hydroxyl groups is 19. The van der Waals surface area contributed by atoms with Crippen molar-refractivity contribution in [2.45, 2.75) is 266 Å². The standard InChI is InChI=1S/C60H90O39S2/c1-18-7-20(3)52(21(4)8-18)100(80,81)98-50-41(78)48-29(16-66)89-60(50)97-47-28(15-65)88-58(40(77)35(47)72)95-49-30(17-67)90-59(51(42(49)79)99-101(82,83)53-22(5)9-19(2)10-23(53)6)96-46-27(14-64)87-56(39(76)34(46)71)93-44-25(12-62)85-54(37(74)32(44)69)91-43-24(11-61)84-55(36(73)31(43)68)92-45-26(13-63)86-57(94-48)38(75)33(45)70/h7-10,24-51,54-79H,11-17H2,1-6H3/t24-,25+,26-,27+,28-,29-,30+,31+,32-,33+,34-,35-,36+,37-,38+,39-,40-,41+,42+,43-,44-,45-,46-,47-,48-,49-,50-,51-,54-,55-,56-,57-,58-,59-,60-/m1/s1. The van der Waals surface area contributed by atoms with Crippen LogP contribution in [0.25, 0.3) is 0 Å². The molecule has 15 fully saturated rings. The highest BCUT2D eigenvalue weighted by Gasteiger charge is 2.61. The summed E-state index contributed by atoms with van der Waals surface area (Å²) in [5.74, 6) is 0. The Labute approximate surface area is 577 Å². The highest BCUT2D eigenvalue weighted by Crippen LogP contribution is 2.42. The second kappa shape index (κ2) is 32.8. The highest BCUT2D eigenvalue weighted by atomic mass is 32.2. The molecule has 0 aliphatic carbocycles. The van der Waals surface area contributed by atoms with Crippen LogP contribution < -0.4 is 0 Å². The summed E-state index contributed by atoms with van der Waals surface area (Å²) in [5, 5.41) is 217. The first-order valence-corrected chi connectivity index (χ1v) is 35.1. The Balaban J connectivity index is 1.03. The van der Waals surface area contributed by atoms with E-state index in [1.54, 1.807) is 13.8 Å². The number of aliphatic hydroxyl groups excluding tert-OH is 19. The minimum Gasteiger partial charge on any atom is -0.394 e. The fourth-order valence-electron chi connectivity index (χ4n) is 14.1. The Kier molecular flexibility index (Phi) is 26.1. The molecule has 0 spiro atoms. The van der Waals surface area contributed by atoms with Gasteiger partial charge in [-0.1, -0.05) is 35.4 Å². The van der Waals surface area contributed by atoms with E-state index in [1.807, 2.05) is 0 Å². The van der Waals surface area contributed by atoms with Crippen LogP contribution in [0.1, 0.15) is 33.4 Å². The average Bonchev–Trinajstić information content (AvgIpc) is 0.768. The Morgan fingerprint density at radius 1 is 0.267 bits per heavy atom. The zero-order chi connectivity index (χ0) is 73.9. The molecule has 0 radical (unpaired) electrons. The molecule has 15 aliphatic rings. The Bertz CT molecular complexity index is 3180. The third kappa shape index (κ3) is 16.1. The predicted octanol–water partition coefficient (Wildman–Crippen LogP) is -10.6. The van der Waals surface area contributed by atoms with Gasteiger partial charge in [0.1, 0.15) is 159 Å². The van der Waals surface area contributed by atoms with E-state index < -0.39 is 291 Å². The van der Waals surface area contributed by atoms with Crippen LogP contribution >= 0.6 is 0 Å². The van der Waals surface area contributed by atoms with Gasteiger partial charge in [-0.15, -0.1) is 0 Å². The van der Waals surface area contributed by atoms with Gasteiger partial charge in [0.25, 0.3) is 20.2 Å². The maximum Gasteiger partial charge on any atom is 0.298 e. The summed E-state index contributed by atoms with van der Waals surface area (Å²) in [4.78, 5) is -0.878. The topological polar surface area (TPSA) is 600 Å². The zero-order valence-electron chi connectivity index (χ0n) is 54.9. The molecule has 35 atom stereocenters. The molecule has 0 aromatic heterocycles. The number of hydrogen-bond donors (Lipinski definition) is 19. The van der Waals surface area contributed by atoms with Gasteiger partial charge < -0.3 is 163 Å². The van der Waals surface area contributed by atoms with Crippen molar-refractivity contribution in [3.63, 3.8) is 0 Å². The SMILES string of the molecule is Cc1cc(C)c(S(=O)(=O)O[C@H]2[C@H]3O[C@H]4[C@H](O)[C@@H](O)[C@@H](O[C@H]5[C@H](O)[C@@H](O)[C@@H](O[C@H]6[C@@H](O)[C@H](O)[C@@H](O[C@H]7[C@@H](O)[C@H](O)[C@@H](O[C@H]8[C@H](O)[C@@H](OS(=O)(=O)c9c(C)cc(C)cc9C)[C@@H](O[C@H]9[C@H](O)[C@@H](O)[C@@H](O[C@@H]([C@@H]2O)[C@H](CO)O3)O[C@@H]9CO)O[C@@H]8CO)O[C@@H]7CO)O[C@@H]6CO)O[C@H]5CO)O[C@H]4CO)c(C)c1. The lowest BCUT2D eigenvalue weighted by atomic mass is 9.95. The van der Waals surface area contributed by atoms with E-state index in [0.717, 1.165) is 0 Å². The maximum atomic E-state index is 14.6. The molecule has 15 aliphatic heterocycles. The zero-order valence-corrected chi connectivity index (χ0v) is 56.6. The lowest BCUT2D eigenvalue weighted by molar-refractivity contribution is -0.396. The van der Waals surface area contributed by atoms with E-state index in [9.17, 15) is 114 Å². The summed E-state index contributed by atoms with van der Waals surface area (Å²) in [5.41, 5.74) is 1.72. The van der Waals surface area contributed by atoms with Crippen molar-refractivity contribution in [2.24, 2.45) is 0 Å². The summed E-state index contributed by atoms with van der Waals surface area (Å²) in [6.45, 7) is 0.806. The van der Waals surface area contributed by atoms with Crippen molar-refractivity contribution in [1.29, 1.82) is 0 Å². The molecular weight excluding hydrogens is 1410 g/mol. The Morgan fingerprint density at radius 2 is 0.436 bits per heavy atom. The molecule has 41 heteroatoms. The fourth-order valence-corrected chi connectivity index (χ4v) is 17.1. The fraction of sp³-hybridized carbons (Fsp3) is 0.800. The molecule has 14 bridgehead atoms. The normalized spacial score (nSPS) is 45.3. The van der Waals surface area contributed by atoms with Gasteiger partial charge in [0, 0.05) is 0 Å². The number of aryl methyl sites for hydroxylation is 6. The molecule has 17 rings (SSSR count). The van der Waals surface area contributed by atoms with Crippen LogP contribution in [0.15, 0.2) is 34.1 Å². The van der Waals surface area contributed by atoms with E-state index in [-0.39, 0.29) is 22.3 Å². The molecule has 15 heterocycles. The van der Waals surface area contributed by atoms with E-state index in [4.69, 9.17) is 74.7 Å². The lowest BCUT2D eigenvalue weighted by Crippen LogP contribution is -2.68. The molecule has 0 amide bonds. The van der Waals surface area contributed by atoms with Crippen molar-refractivity contribution in [3.05, 3.63) is 57.6 Å². The molecule has 576 valence electrons. The minimum atomic E-state index is -5.14. The molecule has 101 heavy (non-hydrogen) atoms. The van der Waals surface area contributed by atoms with Gasteiger partial charge in [-0.05, 0) is 63.8 Å². The van der Waals surface area contributed by atoms with E-state index in [0.29, 0.717) is 11.1 Å². The van der Waals surface area contributed by atoms with Crippen LogP contribution in [0.2, 0.25) is 0 Å². The van der Waals surface area contributed by atoms with Crippen molar-refractivity contribution in [1.82, 2.24) is 0 Å². The summed E-state index contributed by atoms with van der Waals surface area (Å²) in [7, 11) is -10.3. The molecular formula is C60H90O39S2. The first-order chi connectivity index (χ1) is 47.7. The number of fused-ring (bicyclic) bond motifs is 7. The molecule has 15 saturated heterocycles. The van der Waals surface area contributed by atoms with Crippen molar-refractivity contribution in [2.75, 3.05) is 46.2 Å². The summed E-state index contributed by atoms with van der Waals surface area (Å²) >= 11 is 0. The largest absolute Gasteiger partial charge is 0.394 e. The Hall–Kier alpha value is -3.06. The van der Waals surface area contributed by atoms with Crippen LogP contribution in [0.4, 0.5) is 0 Å². The van der Waals surface area contributed by atoms with Gasteiger partial charge in [-0.25, -0.2) is 0 Å². The second-order valence-corrected chi connectivity index (χ2v) is 29.2. The second-order valence-electron chi connectivity index (χ2n) is 26.2.